The Kier molecular flexibility index (Phi) is 4.84. The average Bonchev–Trinajstić information content (AvgIpc) is 2.98. The molecule has 0 bridgehead atoms. The van der Waals surface area contributed by atoms with E-state index in [0.717, 1.165) is 5.56 Å². The zero-order valence-electron chi connectivity index (χ0n) is 14.4. The van der Waals surface area contributed by atoms with E-state index in [1.54, 1.807) is 42.5 Å². The van der Waals surface area contributed by atoms with E-state index < -0.39 is 11.6 Å². The summed E-state index contributed by atoms with van der Waals surface area (Å²) in [6.45, 7) is -0.279. The third-order valence-electron chi connectivity index (χ3n) is 4.25. The standard InChI is InChI=1S/C22H13ClF2O3/c23-14-6-4-13(5-7-14)10-21-22(26)16-9-8-15(11-20(16)28-21)27-12-17-18(24)2-1-3-19(17)25/h1-11H,12H2/b21-10-. The van der Waals surface area contributed by atoms with Gasteiger partial charge >= 0.3 is 0 Å². The summed E-state index contributed by atoms with van der Waals surface area (Å²) in [5.74, 6) is -0.772. The van der Waals surface area contributed by atoms with Gasteiger partial charge in [-0.25, -0.2) is 8.78 Å². The van der Waals surface area contributed by atoms with Crippen LogP contribution < -0.4 is 9.47 Å². The van der Waals surface area contributed by atoms with Crippen LogP contribution in [0.5, 0.6) is 11.5 Å². The van der Waals surface area contributed by atoms with Gasteiger partial charge in [-0.2, -0.15) is 0 Å². The van der Waals surface area contributed by atoms with Gasteiger partial charge in [0.1, 0.15) is 29.7 Å². The topological polar surface area (TPSA) is 35.5 Å². The first-order chi connectivity index (χ1) is 13.5. The van der Waals surface area contributed by atoms with Crippen molar-refractivity contribution in [2.75, 3.05) is 0 Å². The van der Waals surface area contributed by atoms with Crippen LogP contribution in [0, 0.1) is 11.6 Å². The summed E-state index contributed by atoms with van der Waals surface area (Å²) in [5.41, 5.74) is 1.00. The number of ketones is 1. The highest BCUT2D eigenvalue weighted by Crippen LogP contribution is 2.35. The van der Waals surface area contributed by atoms with Crippen LogP contribution in [-0.4, -0.2) is 5.78 Å². The van der Waals surface area contributed by atoms with Gasteiger partial charge < -0.3 is 9.47 Å². The molecule has 0 amide bonds. The van der Waals surface area contributed by atoms with Crippen LogP contribution in [0.4, 0.5) is 8.78 Å². The molecule has 0 saturated carbocycles. The van der Waals surface area contributed by atoms with Crippen LogP contribution in [0.15, 0.2) is 66.4 Å². The van der Waals surface area contributed by atoms with Crippen molar-refractivity contribution in [1.82, 2.24) is 0 Å². The van der Waals surface area contributed by atoms with Crippen molar-refractivity contribution in [3.8, 4) is 11.5 Å². The Balaban J connectivity index is 1.53. The average molecular weight is 399 g/mol. The van der Waals surface area contributed by atoms with E-state index in [1.165, 1.54) is 24.3 Å². The molecule has 0 saturated heterocycles. The highest BCUT2D eigenvalue weighted by atomic mass is 35.5. The molecule has 0 spiro atoms. The highest BCUT2D eigenvalue weighted by Gasteiger charge is 2.27. The van der Waals surface area contributed by atoms with Crippen molar-refractivity contribution >= 4 is 23.5 Å². The Morgan fingerprint density at radius 1 is 1.00 bits per heavy atom. The third kappa shape index (κ3) is 3.62. The second-order valence-electron chi connectivity index (χ2n) is 6.14. The highest BCUT2D eigenvalue weighted by molar-refractivity contribution is 6.30. The summed E-state index contributed by atoms with van der Waals surface area (Å²) in [6.07, 6.45) is 1.62. The van der Waals surface area contributed by atoms with Gasteiger partial charge in [-0.05, 0) is 48.0 Å². The molecule has 0 fully saturated rings. The van der Waals surface area contributed by atoms with Crippen LogP contribution in [0.1, 0.15) is 21.5 Å². The molecule has 1 aliphatic heterocycles. The van der Waals surface area contributed by atoms with Crippen LogP contribution in [0.2, 0.25) is 5.02 Å². The second-order valence-corrected chi connectivity index (χ2v) is 6.57. The van der Waals surface area contributed by atoms with Crippen LogP contribution in [-0.2, 0) is 6.61 Å². The summed E-state index contributed by atoms with van der Waals surface area (Å²) >= 11 is 5.86. The zero-order valence-corrected chi connectivity index (χ0v) is 15.2. The number of hydrogen-bond acceptors (Lipinski definition) is 3. The van der Waals surface area contributed by atoms with Crippen molar-refractivity contribution in [2.24, 2.45) is 0 Å². The number of fused-ring (bicyclic) bond motifs is 1. The normalized spacial score (nSPS) is 14.1. The minimum absolute atomic E-state index is 0.164. The lowest BCUT2D eigenvalue weighted by molar-refractivity contribution is 0.101. The summed E-state index contributed by atoms with van der Waals surface area (Å²) in [6, 6.07) is 15.2. The smallest absolute Gasteiger partial charge is 0.231 e. The summed E-state index contributed by atoms with van der Waals surface area (Å²) in [4.78, 5) is 12.5. The zero-order chi connectivity index (χ0) is 19.7. The van der Waals surface area contributed by atoms with E-state index in [2.05, 4.69) is 0 Å². The largest absolute Gasteiger partial charge is 0.489 e. The molecular weight excluding hydrogens is 386 g/mol. The van der Waals surface area contributed by atoms with Gasteiger partial charge in [0.25, 0.3) is 0 Å². The third-order valence-corrected chi connectivity index (χ3v) is 4.51. The molecule has 3 aromatic carbocycles. The van der Waals surface area contributed by atoms with Gasteiger partial charge in [0.15, 0.2) is 5.76 Å². The first kappa shape index (κ1) is 18.2. The number of hydrogen-bond donors (Lipinski definition) is 0. The van der Waals surface area contributed by atoms with E-state index in [1.807, 2.05) is 0 Å². The lowest BCUT2D eigenvalue weighted by Crippen LogP contribution is -2.01. The first-order valence-electron chi connectivity index (χ1n) is 8.41. The van der Waals surface area contributed by atoms with Crippen molar-refractivity contribution in [3.63, 3.8) is 0 Å². The predicted molar refractivity (Wildman–Crippen MR) is 102 cm³/mol. The number of carbonyl (C=O) groups is 1. The van der Waals surface area contributed by atoms with Crippen molar-refractivity contribution in [3.05, 3.63) is 99.8 Å². The summed E-state index contributed by atoms with van der Waals surface area (Å²) < 4.78 is 38.5. The maximum atomic E-state index is 13.7. The van der Waals surface area contributed by atoms with Gasteiger partial charge in [-0.15, -0.1) is 0 Å². The van der Waals surface area contributed by atoms with Crippen molar-refractivity contribution in [2.45, 2.75) is 6.61 Å². The molecule has 0 radical (unpaired) electrons. The Morgan fingerprint density at radius 3 is 2.43 bits per heavy atom. The number of allylic oxidation sites excluding steroid dienone is 1. The Bertz CT molecular complexity index is 1070. The number of Topliss-reactive ketones (excluding diaryl/α,β-unsaturated/α-hetero) is 1. The Hall–Kier alpha value is -3.18. The van der Waals surface area contributed by atoms with Gasteiger partial charge in [0, 0.05) is 11.1 Å². The molecule has 0 aromatic heterocycles. The van der Waals surface area contributed by atoms with Gasteiger partial charge in [-0.1, -0.05) is 29.8 Å². The molecule has 140 valence electrons. The number of benzene rings is 3. The molecule has 0 unspecified atom stereocenters. The van der Waals surface area contributed by atoms with E-state index in [9.17, 15) is 13.6 Å². The maximum Gasteiger partial charge on any atom is 0.231 e. The number of carbonyl (C=O) groups excluding carboxylic acids is 1. The number of rotatable bonds is 4. The lowest BCUT2D eigenvalue weighted by Gasteiger charge is -2.09. The number of halogens is 3. The van der Waals surface area contributed by atoms with Gasteiger partial charge in [-0.3, -0.25) is 4.79 Å². The fourth-order valence-electron chi connectivity index (χ4n) is 2.79. The first-order valence-corrected chi connectivity index (χ1v) is 8.78. The molecule has 6 heteroatoms. The second kappa shape index (κ2) is 7.44. The lowest BCUT2D eigenvalue weighted by atomic mass is 10.1. The molecule has 3 aromatic rings. The Labute approximate surface area is 164 Å². The van der Waals surface area contributed by atoms with Crippen molar-refractivity contribution in [1.29, 1.82) is 0 Å². The molecule has 1 aliphatic rings. The van der Waals surface area contributed by atoms with E-state index in [-0.39, 0.29) is 23.7 Å². The SMILES string of the molecule is O=C1/C(=C/c2ccc(Cl)cc2)Oc2cc(OCc3c(F)cccc3F)ccc21. The van der Waals surface area contributed by atoms with E-state index in [0.29, 0.717) is 22.1 Å². The monoisotopic (exact) mass is 398 g/mol. The van der Waals surface area contributed by atoms with Crippen LogP contribution >= 0.6 is 11.6 Å². The maximum absolute atomic E-state index is 13.7. The summed E-state index contributed by atoms with van der Waals surface area (Å²) in [5, 5.41) is 0.595. The van der Waals surface area contributed by atoms with Crippen LogP contribution in [0.3, 0.4) is 0 Å². The molecule has 3 nitrogen and oxygen atoms in total. The molecule has 0 N–H and O–H groups in total. The quantitative estimate of drug-likeness (QED) is 0.520. The predicted octanol–water partition coefficient (Wildman–Crippen LogP) is 5.81. The molecule has 1 heterocycles. The van der Waals surface area contributed by atoms with Gasteiger partial charge in [0.2, 0.25) is 5.78 Å². The fraction of sp³-hybridized carbons (Fsp3) is 0.0455. The van der Waals surface area contributed by atoms with E-state index >= 15 is 0 Å². The summed E-state index contributed by atoms with van der Waals surface area (Å²) in [7, 11) is 0. The van der Waals surface area contributed by atoms with Crippen LogP contribution in [0.25, 0.3) is 6.08 Å². The molecule has 0 atom stereocenters. The number of ether oxygens (including phenoxy) is 2. The van der Waals surface area contributed by atoms with E-state index in [4.69, 9.17) is 21.1 Å². The minimum atomic E-state index is -0.680. The van der Waals surface area contributed by atoms with Gasteiger partial charge in [0.05, 0.1) is 11.1 Å². The molecule has 0 aliphatic carbocycles. The minimum Gasteiger partial charge on any atom is -0.489 e. The molecule has 28 heavy (non-hydrogen) atoms. The Morgan fingerprint density at radius 2 is 1.71 bits per heavy atom. The fourth-order valence-corrected chi connectivity index (χ4v) is 2.92. The van der Waals surface area contributed by atoms with Crippen molar-refractivity contribution < 1.29 is 23.0 Å². The molecule has 4 rings (SSSR count). The molecular formula is C22H13ClF2O3.